The number of ketones is 1. The number of Topliss-reactive ketones (excluding diaryl/α,β-unsaturated/α-hetero) is 1. The molecule has 1 aliphatic heterocycles. The number of nitrogens with zero attached hydrogens (tertiary/aromatic N) is 1. The van der Waals surface area contributed by atoms with Crippen LogP contribution in [-0.2, 0) is 20.8 Å². The standard InChI is InChI=1S/C22H27N3O3/c1-2-18(25-13-5-8-19(25)21(23)27)20(26)22(28)24-12-11-15-9-10-16-6-3-4-7-17(16)14-15/h3-4,6-7,9-10,14,18-19H,2,5,8,11-13H2,1H3,(H2,23,27)(H,24,28)/t18-,19?/m0/s1. The maximum Gasteiger partial charge on any atom is 0.289 e. The lowest BCUT2D eigenvalue weighted by molar-refractivity contribution is -0.142. The average Bonchev–Trinajstić information content (AvgIpc) is 3.18. The smallest absolute Gasteiger partial charge is 0.289 e. The number of nitrogens with one attached hydrogen (secondary N) is 1. The highest BCUT2D eigenvalue weighted by Crippen LogP contribution is 2.22. The number of carbonyl (C=O) groups is 3. The van der Waals surface area contributed by atoms with E-state index in [-0.39, 0.29) is 0 Å². The van der Waals surface area contributed by atoms with Gasteiger partial charge in [0.25, 0.3) is 5.91 Å². The van der Waals surface area contributed by atoms with E-state index in [1.807, 2.05) is 25.1 Å². The van der Waals surface area contributed by atoms with Crippen molar-refractivity contribution in [3.8, 4) is 0 Å². The Hall–Kier alpha value is -2.73. The maximum atomic E-state index is 12.6. The van der Waals surface area contributed by atoms with Crippen molar-refractivity contribution in [3.63, 3.8) is 0 Å². The molecule has 28 heavy (non-hydrogen) atoms. The lowest BCUT2D eigenvalue weighted by atomic mass is 10.0. The Balaban J connectivity index is 1.56. The number of hydrogen-bond acceptors (Lipinski definition) is 4. The molecule has 6 heteroatoms. The molecule has 0 bridgehead atoms. The molecule has 1 unspecified atom stereocenters. The Kier molecular flexibility index (Phi) is 6.41. The predicted molar refractivity (Wildman–Crippen MR) is 109 cm³/mol. The van der Waals surface area contributed by atoms with Crippen LogP contribution in [0.3, 0.4) is 0 Å². The number of benzene rings is 2. The van der Waals surface area contributed by atoms with Gasteiger partial charge >= 0.3 is 0 Å². The minimum Gasteiger partial charge on any atom is -0.368 e. The van der Waals surface area contributed by atoms with Gasteiger partial charge in [0.05, 0.1) is 12.1 Å². The van der Waals surface area contributed by atoms with Crippen LogP contribution in [0.2, 0.25) is 0 Å². The normalized spacial score (nSPS) is 18.1. The van der Waals surface area contributed by atoms with E-state index in [1.165, 1.54) is 5.39 Å². The summed E-state index contributed by atoms with van der Waals surface area (Å²) in [6.45, 7) is 2.85. The van der Waals surface area contributed by atoms with Crippen LogP contribution >= 0.6 is 0 Å². The van der Waals surface area contributed by atoms with Crippen molar-refractivity contribution < 1.29 is 14.4 Å². The van der Waals surface area contributed by atoms with Gasteiger partial charge in [0.2, 0.25) is 11.7 Å². The molecule has 2 atom stereocenters. The molecule has 6 nitrogen and oxygen atoms in total. The van der Waals surface area contributed by atoms with E-state index in [0.717, 1.165) is 17.4 Å². The predicted octanol–water partition coefficient (Wildman–Crippen LogP) is 1.80. The molecular weight excluding hydrogens is 354 g/mol. The molecule has 148 valence electrons. The zero-order valence-corrected chi connectivity index (χ0v) is 16.2. The first-order chi connectivity index (χ1) is 13.5. The molecule has 0 radical (unpaired) electrons. The van der Waals surface area contributed by atoms with Gasteiger partial charge in [-0.2, -0.15) is 0 Å². The Morgan fingerprint density at radius 2 is 1.93 bits per heavy atom. The highest BCUT2D eigenvalue weighted by Gasteiger charge is 2.38. The van der Waals surface area contributed by atoms with Gasteiger partial charge in [-0.05, 0) is 48.6 Å². The number of primary amides is 1. The van der Waals surface area contributed by atoms with Crippen LogP contribution in [0, 0.1) is 0 Å². The van der Waals surface area contributed by atoms with Gasteiger partial charge in [0, 0.05) is 6.54 Å². The molecular formula is C22H27N3O3. The molecule has 0 aromatic heterocycles. The highest BCUT2D eigenvalue weighted by molar-refractivity contribution is 6.38. The Morgan fingerprint density at radius 3 is 2.64 bits per heavy atom. The molecule has 0 spiro atoms. The van der Waals surface area contributed by atoms with Crippen LogP contribution < -0.4 is 11.1 Å². The number of carbonyl (C=O) groups excluding carboxylic acids is 3. The fourth-order valence-corrected chi connectivity index (χ4v) is 3.99. The summed E-state index contributed by atoms with van der Waals surface area (Å²) in [6.07, 6.45) is 2.57. The van der Waals surface area contributed by atoms with Crippen LogP contribution in [0.4, 0.5) is 0 Å². The quantitative estimate of drug-likeness (QED) is 0.682. The van der Waals surface area contributed by atoms with Gasteiger partial charge in [-0.25, -0.2) is 0 Å². The average molecular weight is 381 g/mol. The Bertz CT molecular complexity index is 880. The van der Waals surface area contributed by atoms with Crippen molar-refractivity contribution >= 4 is 28.4 Å². The van der Waals surface area contributed by atoms with Crippen molar-refractivity contribution in [2.45, 2.75) is 44.7 Å². The first kappa shape index (κ1) is 20.0. The summed E-state index contributed by atoms with van der Waals surface area (Å²) in [5.41, 5.74) is 6.55. The fourth-order valence-electron chi connectivity index (χ4n) is 3.99. The van der Waals surface area contributed by atoms with Crippen molar-refractivity contribution in [1.82, 2.24) is 10.2 Å². The third-order valence-electron chi connectivity index (χ3n) is 5.45. The van der Waals surface area contributed by atoms with Gasteiger partial charge in [-0.1, -0.05) is 49.4 Å². The van der Waals surface area contributed by atoms with E-state index in [0.29, 0.717) is 32.4 Å². The van der Waals surface area contributed by atoms with E-state index >= 15 is 0 Å². The highest BCUT2D eigenvalue weighted by atomic mass is 16.2. The van der Waals surface area contributed by atoms with Crippen molar-refractivity contribution in [3.05, 3.63) is 48.0 Å². The van der Waals surface area contributed by atoms with Gasteiger partial charge in [-0.15, -0.1) is 0 Å². The van der Waals surface area contributed by atoms with Crippen molar-refractivity contribution in [2.75, 3.05) is 13.1 Å². The fraction of sp³-hybridized carbons (Fsp3) is 0.409. The third kappa shape index (κ3) is 4.39. The third-order valence-corrected chi connectivity index (χ3v) is 5.45. The SMILES string of the molecule is CC[C@@H](C(=O)C(=O)NCCc1ccc2ccccc2c1)N1CCCC1C(N)=O. The molecule has 0 saturated carbocycles. The summed E-state index contributed by atoms with van der Waals surface area (Å²) in [4.78, 5) is 38.4. The van der Waals surface area contributed by atoms with Crippen molar-refractivity contribution in [2.24, 2.45) is 5.73 Å². The molecule has 2 aromatic rings. The molecule has 2 aromatic carbocycles. The van der Waals surface area contributed by atoms with Crippen LogP contribution in [0.15, 0.2) is 42.5 Å². The van der Waals surface area contributed by atoms with E-state index in [4.69, 9.17) is 5.73 Å². The minimum absolute atomic E-state index is 0.387. The van der Waals surface area contributed by atoms with E-state index in [9.17, 15) is 14.4 Å². The molecule has 1 fully saturated rings. The van der Waals surface area contributed by atoms with Gasteiger partial charge < -0.3 is 11.1 Å². The van der Waals surface area contributed by atoms with Gasteiger partial charge in [-0.3, -0.25) is 19.3 Å². The summed E-state index contributed by atoms with van der Waals surface area (Å²) < 4.78 is 0. The van der Waals surface area contributed by atoms with E-state index in [2.05, 4.69) is 29.6 Å². The van der Waals surface area contributed by atoms with Gasteiger partial charge in [0.1, 0.15) is 0 Å². The molecule has 0 aliphatic carbocycles. The Labute approximate surface area is 165 Å². The monoisotopic (exact) mass is 381 g/mol. The molecule has 1 aliphatic rings. The van der Waals surface area contributed by atoms with Crippen LogP contribution in [0.25, 0.3) is 10.8 Å². The number of fused-ring (bicyclic) bond motifs is 1. The van der Waals surface area contributed by atoms with Gasteiger partial charge in [0.15, 0.2) is 0 Å². The number of amides is 2. The van der Waals surface area contributed by atoms with Crippen LogP contribution in [-0.4, -0.2) is 47.7 Å². The molecule has 1 heterocycles. The molecule has 3 rings (SSSR count). The first-order valence-electron chi connectivity index (χ1n) is 9.86. The lowest BCUT2D eigenvalue weighted by Crippen LogP contribution is -2.52. The first-order valence-corrected chi connectivity index (χ1v) is 9.86. The summed E-state index contributed by atoms with van der Waals surface area (Å²) >= 11 is 0. The van der Waals surface area contributed by atoms with Crippen LogP contribution in [0.1, 0.15) is 31.7 Å². The summed E-state index contributed by atoms with van der Waals surface area (Å²) in [6, 6.07) is 13.2. The largest absolute Gasteiger partial charge is 0.368 e. The summed E-state index contributed by atoms with van der Waals surface area (Å²) in [5.74, 6) is -1.52. The number of rotatable bonds is 8. The second-order valence-electron chi connectivity index (χ2n) is 7.27. The second-order valence-corrected chi connectivity index (χ2v) is 7.27. The maximum absolute atomic E-state index is 12.6. The molecule has 1 saturated heterocycles. The lowest BCUT2D eigenvalue weighted by Gasteiger charge is -2.29. The number of likely N-dealkylation sites (tertiary alicyclic amines) is 1. The minimum atomic E-state index is -0.597. The molecule has 2 amide bonds. The van der Waals surface area contributed by atoms with E-state index < -0.39 is 29.7 Å². The topological polar surface area (TPSA) is 92.5 Å². The second kappa shape index (κ2) is 8.97. The zero-order valence-electron chi connectivity index (χ0n) is 16.2. The summed E-state index contributed by atoms with van der Waals surface area (Å²) in [7, 11) is 0. The van der Waals surface area contributed by atoms with Crippen LogP contribution in [0.5, 0.6) is 0 Å². The molecule has 3 N–H and O–H groups in total. The summed E-state index contributed by atoms with van der Waals surface area (Å²) in [5, 5.41) is 5.05. The van der Waals surface area contributed by atoms with E-state index in [1.54, 1.807) is 4.90 Å². The Morgan fingerprint density at radius 1 is 1.18 bits per heavy atom. The zero-order chi connectivity index (χ0) is 20.1. The number of hydrogen-bond donors (Lipinski definition) is 2. The number of nitrogens with two attached hydrogens (primary N) is 1. The van der Waals surface area contributed by atoms with Crippen molar-refractivity contribution in [1.29, 1.82) is 0 Å².